The number of unbranched alkanes of at least 4 members (excludes halogenated alkanes) is 4. The van der Waals surface area contributed by atoms with Crippen molar-refractivity contribution in [1.82, 2.24) is 10.6 Å². The molecular weight excluding hydrogens is 399 g/mol. The van der Waals surface area contributed by atoms with Gasteiger partial charge in [-0.25, -0.2) is 0 Å². The van der Waals surface area contributed by atoms with Crippen molar-refractivity contribution in [2.24, 2.45) is 0 Å². The molecular formula is C25H40Cl2N2. The standard InChI is InChI=1S/C25H38N2.2ClH/c1-22(20-24-14-8-6-9-15-24)26-18-12-4-3-5-13-19-27-23(2)21-25-16-10-7-11-17-25;;/h6-11,14-17,22-23,26-27H,3-5,12-13,18-21H2,1-2H3;2*1H. The Hall–Kier alpha value is -1.06. The molecule has 0 saturated heterocycles. The van der Waals surface area contributed by atoms with Gasteiger partial charge in [0.2, 0.25) is 0 Å². The summed E-state index contributed by atoms with van der Waals surface area (Å²) in [4.78, 5) is 0. The largest absolute Gasteiger partial charge is 0.314 e. The summed E-state index contributed by atoms with van der Waals surface area (Å²) in [7, 11) is 0. The first-order valence-electron chi connectivity index (χ1n) is 10.8. The van der Waals surface area contributed by atoms with Crippen molar-refractivity contribution in [2.75, 3.05) is 13.1 Å². The highest BCUT2D eigenvalue weighted by molar-refractivity contribution is 5.85. The lowest BCUT2D eigenvalue weighted by Crippen LogP contribution is -2.29. The smallest absolute Gasteiger partial charge is 0.00791 e. The van der Waals surface area contributed by atoms with Gasteiger partial charge >= 0.3 is 0 Å². The van der Waals surface area contributed by atoms with Gasteiger partial charge in [-0.15, -0.1) is 24.8 Å². The van der Waals surface area contributed by atoms with Crippen LogP contribution in [-0.2, 0) is 12.8 Å². The molecule has 0 spiro atoms. The number of nitrogens with one attached hydrogen (secondary N) is 2. The normalized spacial score (nSPS) is 12.5. The highest BCUT2D eigenvalue weighted by Crippen LogP contribution is 2.06. The van der Waals surface area contributed by atoms with Gasteiger partial charge in [0.25, 0.3) is 0 Å². The fourth-order valence-corrected chi connectivity index (χ4v) is 3.56. The molecule has 2 aromatic carbocycles. The zero-order valence-corrected chi connectivity index (χ0v) is 19.7. The van der Waals surface area contributed by atoms with E-state index in [-0.39, 0.29) is 24.8 Å². The highest BCUT2D eigenvalue weighted by Gasteiger charge is 2.03. The van der Waals surface area contributed by atoms with E-state index in [0.29, 0.717) is 12.1 Å². The molecule has 0 radical (unpaired) electrons. The summed E-state index contributed by atoms with van der Waals surface area (Å²) in [6.45, 7) is 6.85. The molecule has 0 aliphatic carbocycles. The van der Waals surface area contributed by atoms with Crippen LogP contribution < -0.4 is 10.6 Å². The van der Waals surface area contributed by atoms with Crippen molar-refractivity contribution in [1.29, 1.82) is 0 Å². The Bertz CT molecular complexity index is 539. The summed E-state index contributed by atoms with van der Waals surface area (Å²) in [5.41, 5.74) is 2.85. The van der Waals surface area contributed by atoms with Gasteiger partial charge in [-0.05, 0) is 63.7 Å². The van der Waals surface area contributed by atoms with E-state index in [1.807, 2.05) is 0 Å². The maximum atomic E-state index is 3.66. The molecule has 0 fully saturated rings. The number of rotatable bonds is 14. The third-order valence-electron chi connectivity index (χ3n) is 5.11. The second kappa shape index (κ2) is 17.8. The van der Waals surface area contributed by atoms with Crippen molar-refractivity contribution in [3.8, 4) is 0 Å². The maximum Gasteiger partial charge on any atom is 0.00791 e. The lowest BCUT2D eigenvalue weighted by atomic mass is 10.1. The summed E-state index contributed by atoms with van der Waals surface area (Å²) in [6, 6.07) is 22.6. The van der Waals surface area contributed by atoms with Gasteiger partial charge in [0.05, 0.1) is 0 Å². The van der Waals surface area contributed by atoms with E-state index in [9.17, 15) is 0 Å². The van der Waals surface area contributed by atoms with Crippen LogP contribution in [0.4, 0.5) is 0 Å². The molecule has 164 valence electrons. The molecule has 2 unspecified atom stereocenters. The van der Waals surface area contributed by atoms with Gasteiger partial charge in [-0.1, -0.05) is 79.9 Å². The molecule has 2 atom stereocenters. The fourth-order valence-electron chi connectivity index (χ4n) is 3.56. The van der Waals surface area contributed by atoms with E-state index in [0.717, 1.165) is 25.9 Å². The van der Waals surface area contributed by atoms with Crippen molar-refractivity contribution >= 4 is 24.8 Å². The zero-order chi connectivity index (χ0) is 19.2. The Kier molecular flexibility index (Phi) is 17.1. The van der Waals surface area contributed by atoms with Crippen LogP contribution >= 0.6 is 24.8 Å². The van der Waals surface area contributed by atoms with Crippen molar-refractivity contribution < 1.29 is 0 Å². The molecule has 2 aromatic rings. The van der Waals surface area contributed by atoms with E-state index in [2.05, 4.69) is 85.1 Å². The quantitative estimate of drug-likeness (QED) is 0.341. The van der Waals surface area contributed by atoms with Crippen LogP contribution in [0.2, 0.25) is 0 Å². The van der Waals surface area contributed by atoms with Gasteiger partial charge in [-0.3, -0.25) is 0 Å². The minimum absolute atomic E-state index is 0. The van der Waals surface area contributed by atoms with E-state index >= 15 is 0 Å². The summed E-state index contributed by atoms with van der Waals surface area (Å²) in [5.74, 6) is 0. The third kappa shape index (κ3) is 13.7. The lowest BCUT2D eigenvalue weighted by Gasteiger charge is -2.14. The lowest BCUT2D eigenvalue weighted by molar-refractivity contribution is 0.495. The SMILES string of the molecule is CC(Cc1ccccc1)NCCCCCCCNC(C)Cc1ccccc1.Cl.Cl. The Morgan fingerprint density at radius 1 is 0.552 bits per heavy atom. The Morgan fingerprint density at radius 2 is 0.897 bits per heavy atom. The van der Waals surface area contributed by atoms with Crippen molar-refractivity contribution in [2.45, 2.75) is 70.9 Å². The van der Waals surface area contributed by atoms with Crippen LogP contribution in [0.3, 0.4) is 0 Å². The predicted octanol–water partition coefficient (Wildman–Crippen LogP) is 6.22. The summed E-state index contributed by atoms with van der Waals surface area (Å²) in [6.07, 6.45) is 8.84. The Morgan fingerprint density at radius 3 is 1.28 bits per heavy atom. The zero-order valence-electron chi connectivity index (χ0n) is 18.1. The van der Waals surface area contributed by atoms with Gasteiger partial charge in [0, 0.05) is 12.1 Å². The topological polar surface area (TPSA) is 24.1 Å². The van der Waals surface area contributed by atoms with Crippen LogP contribution in [0.1, 0.15) is 57.1 Å². The minimum atomic E-state index is 0. The molecule has 0 amide bonds. The van der Waals surface area contributed by atoms with Crippen LogP contribution in [0.25, 0.3) is 0 Å². The van der Waals surface area contributed by atoms with Gasteiger partial charge in [-0.2, -0.15) is 0 Å². The number of hydrogen-bond donors (Lipinski definition) is 2. The summed E-state index contributed by atoms with van der Waals surface area (Å²) >= 11 is 0. The molecule has 0 aromatic heterocycles. The average Bonchev–Trinajstić information content (AvgIpc) is 2.68. The van der Waals surface area contributed by atoms with Crippen LogP contribution in [0.15, 0.2) is 60.7 Å². The first kappa shape index (κ1) is 27.9. The summed E-state index contributed by atoms with van der Waals surface area (Å²) < 4.78 is 0. The number of halogens is 2. The molecule has 2 nitrogen and oxygen atoms in total. The first-order valence-corrected chi connectivity index (χ1v) is 10.8. The first-order chi connectivity index (χ1) is 13.2. The van der Waals surface area contributed by atoms with E-state index in [4.69, 9.17) is 0 Å². The molecule has 2 N–H and O–H groups in total. The molecule has 0 aliphatic rings. The van der Waals surface area contributed by atoms with Gasteiger partial charge < -0.3 is 10.6 Å². The molecule has 0 heterocycles. The Labute approximate surface area is 191 Å². The van der Waals surface area contributed by atoms with E-state index < -0.39 is 0 Å². The molecule has 0 saturated carbocycles. The molecule has 0 aliphatic heterocycles. The minimum Gasteiger partial charge on any atom is -0.314 e. The number of benzene rings is 2. The average molecular weight is 440 g/mol. The molecule has 2 rings (SSSR count). The monoisotopic (exact) mass is 438 g/mol. The van der Waals surface area contributed by atoms with Crippen LogP contribution in [-0.4, -0.2) is 25.2 Å². The van der Waals surface area contributed by atoms with Gasteiger partial charge in [0.1, 0.15) is 0 Å². The molecule has 0 bridgehead atoms. The predicted molar refractivity (Wildman–Crippen MR) is 133 cm³/mol. The van der Waals surface area contributed by atoms with E-state index in [1.54, 1.807) is 0 Å². The molecule has 4 heteroatoms. The highest BCUT2D eigenvalue weighted by atomic mass is 35.5. The summed E-state index contributed by atoms with van der Waals surface area (Å²) in [5, 5.41) is 7.32. The second-order valence-corrected chi connectivity index (χ2v) is 7.86. The fraction of sp³-hybridized carbons (Fsp3) is 0.520. The van der Waals surface area contributed by atoms with E-state index in [1.165, 1.54) is 43.2 Å². The van der Waals surface area contributed by atoms with Crippen LogP contribution in [0.5, 0.6) is 0 Å². The second-order valence-electron chi connectivity index (χ2n) is 7.86. The molecule has 29 heavy (non-hydrogen) atoms. The van der Waals surface area contributed by atoms with Crippen molar-refractivity contribution in [3.05, 3.63) is 71.8 Å². The number of hydrogen-bond acceptors (Lipinski definition) is 2. The third-order valence-corrected chi connectivity index (χ3v) is 5.11. The van der Waals surface area contributed by atoms with Crippen molar-refractivity contribution in [3.63, 3.8) is 0 Å². The van der Waals surface area contributed by atoms with Gasteiger partial charge in [0.15, 0.2) is 0 Å². The Balaban J connectivity index is 0.00000392. The maximum absolute atomic E-state index is 3.66. The van der Waals surface area contributed by atoms with Crippen LogP contribution in [0, 0.1) is 0 Å².